The average molecular weight is 480 g/mol. The van der Waals surface area contributed by atoms with E-state index in [1.807, 2.05) is 69.9 Å². The van der Waals surface area contributed by atoms with Crippen LogP contribution in [-0.2, 0) is 0 Å². The molecule has 0 fully saturated rings. The van der Waals surface area contributed by atoms with E-state index >= 15 is 0 Å². The van der Waals surface area contributed by atoms with Crippen LogP contribution in [0.2, 0.25) is 0 Å². The molecule has 1 aliphatic rings. The molecule has 2 N–H and O–H groups in total. The summed E-state index contributed by atoms with van der Waals surface area (Å²) in [6.07, 6.45) is 3.52. The van der Waals surface area contributed by atoms with E-state index in [4.69, 9.17) is 19.4 Å². The minimum absolute atomic E-state index is 0.216. The molecule has 0 saturated heterocycles. The Morgan fingerprint density at radius 2 is 1.83 bits per heavy atom. The van der Waals surface area contributed by atoms with Crippen molar-refractivity contribution in [3.63, 3.8) is 0 Å². The molecule has 0 radical (unpaired) electrons. The highest BCUT2D eigenvalue weighted by molar-refractivity contribution is 7.08. The molecule has 7 rings (SSSR count). The summed E-state index contributed by atoms with van der Waals surface area (Å²) < 4.78 is 12.9. The van der Waals surface area contributed by atoms with Gasteiger partial charge < -0.3 is 20.1 Å². The van der Waals surface area contributed by atoms with E-state index in [1.54, 1.807) is 23.9 Å². The van der Waals surface area contributed by atoms with Crippen molar-refractivity contribution in [2.45, 2.75) is 0 Å². The SMILES string of the molecule is c1ccc2c(Nc3nc(Nc4ccc5c(c4)OCO5)c4ncn(-c5ccsc5)c4n3)nccc2c1. The maximum absolute atomic E-state index is 5.53. The first kappa shape index (κ1) is 19.7. The van der Waals surface area contributed by atoms with Gasteiger partial charge in [0.15, 0.2) is 28.5 Å². The Morgan fingerprint density at radius 1 is 0.886 bits per heavy atom. The van der Waals surface area contributed by atoms with Gasteiger partial charge in [0.05, 0.1) is 5.69 Å². The highest BCUT2D eigenvalue weighted by Crippen LogP contribution is 2.36. The molecular weight excluding hydrogens is 462 g/mol. The largest absolute Gasteiger partial charge is 0.454 e. The van der Waals surface area contributed by atoms with Crippen LogP contribution in [0.3, 0.4) is 0 Å². The number of ether oxygens (including phenoxy) is 2. The van der Waals surface area contributed by atoms with Crippen molar-refractivity contribution in [3.05, 3.63) is 77.9 Å². The number of pyridine rings is 1. The summed E-state index contributed by atoms with van der Waals surface area (Å²) in [5.74, 6) is 3.04. The number of hydrogen-bond donors (Lipinski definition) is 2. The van der Waals surface area contributed by atoms with Gasteiger partial charge in [-0.2, -0.15) is 21.3 Å². The summed E-state index contributed by atoms with van der Waals surface area (Å²) in [7, 11) is 0. The van der Waals surface area contributed by atoms with Crippen LogP contribution < -0.4 is 20.1 Å². The van der Waals surface area contributed by atoms with Crippen LogP contribution in [0, 0.1) is 0 Å². The molecule has 10 heteroatoms. The second kappa shape index (κ2) is 7.96. The van der Waals surface area contributed by atoms with E-state index in [0.717, 1.165) is 27.9 Å². The van der Waals surface area contributed by atoms with Gasteiger partial charge in [-0.05, 0) is 35.0 Å². The second-order valence-electron chi connectivity index (χ2n) is 7.86. The van der Waals surface area contributed by atoms with Gasteiger partial charge in [0.1, 0.15) is 12.1 Å². The first-order valence-electron chi connectivity index (χ1n) is 10.9. The van der Waals surface area contributed by atoms with E-state index in [2.05, 4.69) is 20.6 Å². The fraction of sp³-hybridized carbons (Fsp3) is 0.0400. The molecule has 2 aromatic carbocycles. The van der Waals surface area contributed by atoms with Crippen LogP contribution in [0.15, 0.2) is 77.9 Å². The first-order valence-corrected chi connectivity index (χ1v) is 11.8. The number of imidazole rings is 1. The van der Waals surface area contributed by atoms with Gasteiger partial charge in [0.25, 0.3) is 0 Å². The lowest BCUT2D eigenvalue weighted by Crippen LogP contribution is -2.05. The van der Waals surface area contributed by atoms with E-state index in [0.29, 0.717) is 34.5 Å². The molecule has 1 aliphatic heterocycles. The molecule has 0 unspecified atom stereocenters. The van der Waals surface area contributed by atoms with Crippen LogP contribution >= 0.6 is 11.3 Å². The van der Waals surface area contributed by atoms with Crippen molar-refractivity contribution in [1.29, 1.82) is 0 Å². The fourth-order valence-corrected chi connectivity index (χ4v) is 4.69. The summed E-state index contributed by atoms with van der Waals surface area (Å²) in [6.45, 7) is 0.216. The quantitative estimate of drug-likeness (QED) is 0.328. The number of hydrogen-bond acceptors (Lipinski definition) is 9. The highest BCUT2D eigenvalue weighted by atomic mass is 32.1. The summed E-state index contributed by atoms with van der Waals surface area (Å²) in [5.41, 5.74) is 3.10. The second-order valence-corrected chi connectivity index (χ2v) is 8.64. The number of rotatable bonds is 5. The lowest BCUT2D eigenvalue weighted by molar-refractivity contribution is 0.174. The molecule has 35 heavy (non-hydrogen) atoms. The monoisotopic (exact) mass is 479 g/mol. The standard InChI is InChI=1S/C25H17N7O2S/c1-2-4-18-15(3-1)7-9-26-22(18)29-25-30-23(28-16-5-6-19-20(11-16)34-14-33-19)21-24(31-25)32(13-27-21)17-8-10-35-12-17/h1-13H,14H2,(H2,26,28,29,30,31). The number of nitrogens with one attached hydrogen (secondary N) is 2. The predicted molar refractivity (Wildman–Crippen MR) is 135 cm³/mol. The van der Waals surface area contributed by atoms with Crippen molar-refractivity contribution < 1.29 is 9.47 Å². The predicted octanol–water partition coefficient (Wildman–Crippen LogP) is 5.64. The molecule has 0 amide bonds. The van der Waals surface area contributed by atoms with Crippen LogP contribution in [0.25, 0.3) is 27.6 Å². The summed E-state index contributed by atoms with van der Waals surface area (Å²) >= 11 is 1.61. The topological polar surface area (TPSA) is 99.0 Å². The average Bonchev–Trinajstić information content (AvgIpc) is 3.65. The molecule has 6 aromatic rings. The Labute approximate surface area is 203 Å². The maximum atomic E-state index is 5.53. The third-order valence-corrected chi connectivity index (χ3v) is 6.39. The Morgan fingerprint density at radius 3 is 2.77 bits per heavy atom. The molecule has 5 heterocycles. The molecule has 170 valence electrons. The zero-order valence-electron chi connectivity index (χ0n) is 18.2. The summed E-state index contributed by atoms with van der Waals surface area (Å²) in [6, 6.07) is 17.7. The van der Waals surface area contributed by atoms with Gasteiger partial charge in [-0.25, -0.2) is 9.97 Å². The Kier molecular flexibility index (Phi) is 4.49. The highest BCUT2D eigenvalue weighted by Gasteiger charge is 2.18. The number of fused-ring (bicyclic) bond motifs is 3. The van der Waals surface area contributed by atoms with Gasteiger partial charge in [0, 0.05) is 28.7 Å². The van der Waals surface area contributed by atoms with E-state index in [-0.39, 0.29) is 6.79 Å². The molecular formula is C25H17N7O2S. The Balaban J connectivity index is 1.35. The normalized spacial score (nSPS) is 12.3. The molecule has 0 atom stereocenters. The van der Waals surface area contributed by atoms with Gasteiger partial charge in [-0.1, -0.05) is 24.3 Å². The Hall–Kier alpha value is -4.70. The van der Waals surface area contributed by atoms with Crippen molar-refractivity contribution in [2.24, 2.45) is 0 Å². The van der Waals surface area contributed by atoms with Crippen molar-refractivity contribution in [1.82, 2.24) is 24.5 Å². The van der Waals surface area contributed by atoms with Crippen LogP contribution in [-0.4, -0.2) is 31.3 Å². The number of thiophene rings is 1. The summed E-state index contributed by atoms with van der Waals surface area (Å²) in [5, 5.41) is 12.8. The fourth-order valence-electron chi connectivity index (χ4n) is 4.06. The lowest BCUT2D eigenvalue weighted by atomic mass is 10.1. The zero-order valence-corrected chi connectivity index (χ0v) is 19.0. The number of anilines is 4. The van der Waals surface area contributed by atoms with Crippen molar-refractivity contribution in [2.75, 3.05) is 17.4 Å². The van der Waals surface area contributed by atoms with Crippen LogP contribution in [0.5, 0.6) is 11.5 Å². The minimum Gasteiger partial charge on any atom is -0.454 e. The first-order chi connectivity index (χ1) is 17.3. The van der Waals surface area contributed by atoms with E-state index in [1.165, 1.54) is 0 Å². The Bertz CT molecular complexity index is 1690. The van der Waals surface area contributed by atoms with Gasteiger partial charge in [-0.3, -0.25) is 4.57 Å². The van der Waals surface area contributed by atoms with Crippen molar-refractivity contribution in [3.8, 4) is 17.2 Å². The smallest absolute Gasteiger partial charge is 0.232 e. The zero-order chi connectivity index (χ0) is 23.2. The minimum atomic E-state index is 0.216. The summed E-state index contributed by atoms with van der Waals surface area (Å²) in [4.78, 5) is 18.7. The van der Waals surface area contributed by atoms with Crippen LogP contribution in [0.1, 0.15) is 0 Å². The van der Waals surface area contributed by atoms with Gasteiger partial charge >= 0.3 is 0 Å². The number of aromatic nitrogens is 5. The third-order valence-electron chi connectivity index (χ3n) is 5.72. The number of benzene rings is 2. The third kappa shape index (κ3) is 3.47. The van der Waals surface area contributed by atoms with E-state index in [9.17, 15) is 0 Å². The molecule has 4 aromatic heterocycles. The number of nitrogens with zero attached hydrogens (tertiary/aromatic N) is 5. The molecule has 0 saturated carbocycles. The maximum Gasteiger partial charge on any atom is 0.232 e. The molecule has 0 spiro atoms. The van der Waals surface area contributed by atoms with Crippen molar-refractivity contribution >= 4 is 56.5 Å². The lowest BCUT2D eigenvalue weighted by Gasteiger charge is -2.12. The van der Waals surface area contributed by atoms with E-state index < -0.39 is 0 Å². The van der Waals surface area contributed by atoms with Gasteiger partial charge in [-0.15, -0.1) is 0 Å². The van der Waals surface area contributed by atoms with Crippen LogP contribution in [0.4, 0.5) is 23.3 Å². The molecule has 0 aliphatic carbocycles. The van der Waals surface area contributed by atoms with Gasteiger partial charge in [0.2, 0.25) is 12.7 Å². The molecule has 9 nitrogen and oxygen atoms in total. The molecule has 0 bridgehead atoms.